The molecular formula is C81H134BrN3Na2O20P2. The topological polar surface area (TPSA) is 299 Å². The maximum Gasteiger partial charge on any atom is 1.00 e. The Kier molecular flexibility index (Phi) is 57.8. The summed E-state index contributed by atoms with van der Waals surface area (Å²) in [6.45, 7) is 5.57. The average molecular weight is 1660 g/mol. The van der Waals surface area contributed by atoms with E-state index in [9.17, 15) is 48.0 Å². The van der Waals surface area contributed by atoms with Gasteiger partial charge in [-0.05, 0) is 84.8 Å². The summed E-state index contributed by atoms with van der Waals surface area (Å²) < 4.78 is 81.7. The molecule has 0 bridgehead atoms. The predicted molar refractivity (Wildman–Crippen MR) is 416 cm³/mol. The van der Waals surface area contributed by atoms with Gasteiger partial charge in [-0.15, -0.1) is 0 Å². The number of carbonyl (C=O) groups is 5. The molecule has 1 aliphatic heterocycles. The number of benzene rings is 1. The molecule has 0 amide bonds. The number of esters is 5. The Morgan fingerprint density at radius 2 is 0.936 bits per heavy atom. The van der Waals surface area contributed by atoms with Crippen molar-refractivity contribution in [1.29, 1.82) is 0 Å². The molecule has 5 rings (SSSR count). The van der Waals surface area contributed by atoms with E-state index in [1.807, 2.05) is 7.11 Å². The first kappa shape index (κ1) is 103. The zero-order valence-corrected chi connectivity index (χ0v) is 75.5. The van der Waals surface area contributed by atoms with E-state index < -0.39 is 103 Å². The molecule has 1 aliphatic carbocycles. The van der Waals surface area contributed by atoms with Crippen LogP contribution in [0, 0.1) is 5.92 Å². The van der Waals surface area contributed by atoms with E-state index in [0.717, 1.165) is 127 Å². The summed E-state index contributed by atoms with van der Waals surface area (Å²) in [6, 6.07) is 8.47. The molecule has 1 aromatic carbocycles. The molecule has 0 saturated carbocycles. The first-order chi connectivity index (χ1) is 51.6. The minimum absolute atomic E-state index is 0. The summed E-state index contributed by atoms with van der Waals surface area (Å²) in [6.07, 6.45) is 41.4. The number of phosphoric ester groups is 2. The Labute approximate surface area is 705 Å². The molecule has 1 fully saturated rings. The van der Waals surface area contributed by atoms with E-state index in [4.69, 9.17) is 46.5 Å². The fourth-order valence-corrected chi connectivity index (χ4v) is 15.9. The van der Waals surface area contributed by atoms with Crippen LogP contribution < -0.4 is 68.9 Å². The molecule has 612 valence electrons. The summed E-state index contributed by atoms with van der Waals surface area (Å²) in [5.41, 5.74) is 3.90. The van der Waals surface area contributed by atoms with E-state index in [2.05, 4.69) is 96.6 Å². The third-order valence-electron chi connectivity index (χ3n) is 20.0. The summed E-state index contributed by atoms with van der Waals surface area (Å²) >= 11 is 3.35. The maximum atomic E-state index is 12.8. The number of carbonyl (C=O) groups excluding carboxylic acids is 5. The van der Waals surface area contributed by atoms with Crippen LogP contribution in [0.5, 0.6) is 0 Å². The van der Waals surface area contributed by atoms with Crippen LogP contribution >= 0.6 is 31.6 Å². The minimum Gasteiger partial charge on any atom is -0.756 e. The number of phosphoric acid groups is 2. The number of rotatable bonds is 62. The van der Waals surface area contributed by atoms with E-state index >= 15 is 0 Å². The molecule has 0 radical (unpaired) electrons. The number of hydrogen-bond acceptors (Lipinski definition) is 22. The fourth-order valence-electron chi connectivity index (χ4n) is 14.0. The smallest absolute Gasteiger partial charge is 0.756 e. The number of fused-ring (bicyclic) bond motifs is 2. The van der Waals surface area contributed by atoms with Crippen molar-refractivity contribution in [2.75, 3.05) is 67.0 Å². The number of nitrogens with zero attached hydrogens (tertiary/aromatic N) is 3. The average Bonchev–Trinajstić information content (AvgIpc) is 1.67. The van der Waals surface area contributed by atoms with Crippen LogP contribution in [0.15, 0.2) is 47.3 Å². The Bertz CT molecular complexity index is 2960. The number of piperidine rings is 1. The predicted octanol–water partition coefficient (Wildman–Crippen LogP) is 11.9. The van der Waals surface area contributed by atoms with Crippen LogP contribution in [0.1, 0.15) is 312 Å². The largest absolute Gasteiger partial charge is 1.00 e. The molecule has 7 unspecified atom stereocenters. The number of ether oxygens (including phenoxy) is 6. The van der Waals surface area contributed by atoms with Gasteiger partial charge in [0.05, 0.1) is 38.6 Å². The third kappa shape index (κ3) is 44.1. The molecule has 3 heterocycles. The van der Waals surface area contributed by atoms with Crippen LogP contribution in [0.3, 0.4) is 0 Å². The number of aromatic nitrogens is 2. The molecule has 1 N–H and O–H groups in total. The number of aliphatic hydroxyl groups is 1. The van der Waals surface area contributed by atoms with Crippen molar-refractivity contribution in [1.82, 2.24) is 14.5 Å². The molecule has 28 heteroatoms. The van der Waals surface area contributed by atoms with Gasteiger partial charge in [0.1, 0.15) is 24.9 Å². The number of halogens is 1. The number of pyridine rings is 1. The van der Waals surface area contributed by atoms with Gasteiger partial charge >= 0.3 is 89.0 Å². The van der Waals surface area contributed by atoms with Crippen LogP contribution in [0.4, 0.5) is 0 Å². The first-order valence-corrected chi connectivity index (χ1v) is 44.5. The Morgan fingerprint density at radius 3 is 1.33 bits per heavy atom. The van der Waals surface area contributed by atoms with Crippen molar-refractivity contribution in [2.45, 2.75) is 327 Å². The minimum atomic E-state index is -5.20. The van der Waals surface area contributed by atoms with Gasteiger partial charge in [0.25, 0.3) is 15.6 Å². The molecule has 3 aromatic rings. The monoisotopic (exact) mass is 1660 g/mol. The summed E-state index contributed by atoms with van der Waals surface area (Å²) in [7, 11) is -4.32. The van der Waals surface area contributed by atoms with Gasteiger partial charge in [0, 0.05) is 92.3 Å². The number of hydrogen-bond donors (Lipinski definition) is 1. The van der Waals surface area contributed by atoms with E-state index in [1.165, 1.54) is 131 Å². The van der Waals surface area contributed by atoms with Crippen LogP contribution in [0.25, 0.3) is 10.9 Å². The number of aliphatic hydroxyl groups excluding tert-OH is 1. The summed E-state index contributed by atoms with van der Waals surface area (Å²) in [4.78, 5) is 95.2. The molecule has 0 spiro atoms. The number of likely N-dealkylation sites (N-methyl/N-ethyl adjacent to an activating group) is 1. The van der Waals surface area contributed by atoms with E-state index in [0.29, 0.717) is 37.9 Å². The molecule has 2 aliphatic rings. The second-order valence-electron chi connectivity index (χ2n) is 29.4. The van der Waals surface area contributed by atoms with Crippen LogP contribution in [-0.2, 0) is 93.9 Å². The Morgan fingerprint density at radius 1 is 0.550 bits per heavy atom. The number of likely N-dealkylation sites (tertiary alicyclic amines) is 1. The van der Waals surface area contributed by atoms with Crippen molar-refractivity contribution < 1.29 is 154 Å². The number of aryl methyl sites for hydroxylation is 1. The van der Waals surface area contributed by atoms with E-state index in [1.54, 1.807) is 12.3 Å². The molecule has 109 heavy (non-hydrogen) atoms. The van der Waals surface area contributed by atoms with Crippen molar-refractivity contribution in [3.05, 3.63) is 64.0 Å². The van der Waals surface area contributed by atoms with Gasteiger partial charge < -0.3 is 66.0 Å². The van der Waals surface area contributed by atoms with Crippen molar-refractivity contribution in [3.8, 4) is 0 Å². The second kappa shape index (κ2) is 61.2. The first-order valence-electron chi connectivity index (χ1n) is 40.8. The van der Waals surface area contributed by atoms with Gasteiger partial charge in [-0.1, -0.05) is 245 Å². The zero-order valence-electron chi connectivity index (χ0n) is 68.1. The quantitative estimate of drug-likeness (QED) is 0.0180. The van der Waals surface area contributed by atoms with Gasteiger partial charge in [0.2, 0.25) is 0 Å². The van der Waals surface area contributed by atoms with Crippen molar-refractivity contribution in [2.24, 2.45) is 13.0 Å². The summed E-state index contributed by atoms with van der Waals surface area (Å²) in [5, 5.41) is 11.7. The molecular weight excluding hydrogens is 1520 g/mol. The van der Waals surface area contributed by atoms with E-state index in [-0.39, 0.29) is 103 Å². The maximum absolute atomic E-state index is 12.8. The van der Waals surface area contributed by atoms with Gasteiger partial charge in [-0.3, -0.25) is 38.2 Å². The van der Waals surface area contributed by atoms with Gasteiger partial charge in [-0.2, -0.15) is 0 Å². The second-order valence-corrected chi connectivity index (χ2v) is 33.2. The standard InChI is InChI=1S/C57H110O17P2.C24H26BrN3O3.2Na/c1-5-9-13-17-21-25-29-33-37-41-54(59)67-47-52(73-56(61)43-39-35-31-27-23-19-15-11-7-3)49-71-75(63,64)69-45-51(58)46-70-76(65,66)72-50-53(74-57(62)44-40-36-32-28-24-20-16-12-8-4)48-68-55(60)42-38-34-30-26-22-18-14-10-6-2;1-27-13-17-8-21-24(30-3,19-5-4-6-20(27)22(17)19)9-15(12-28(21)2)14-31-23(29)16-7-18(25)11-26-10-16;;/h51-53,58H,5-50H2,1-4H3,(H,63,64)(H,65,66);4-7,10-11,13,15,21H,8-9,12,14H2,1-3H3;;/q;;2*+1/p-2. The van der Waals surface area contributed by atoms with Crippen LogP contribution in [0.2, 0.25) is 0 Å². The third-order valence-corrected chi connectivity index (χ3v) is 22.3. The van der Waals surface area contributed by atoms with Crippen molar-refractivity contribution in [3.63, 3.8) is 0 Å². The fraction of sp³-hybridized carbons (Fsp3) is 0.778. The molecule has 1 saturated heterocycles. The Balaban J connectivity index is 0.000000998. The van der Waals surface area contributed by atoms with Crippen LogP contribution in [-0.4, -0.2) is 141 Å². The number of methoxy groups -OCH3 is 1. The normalized spacial score (nSPS) is 17.2. The Hall–Kier alpha value is -2.16. The SMILES string of the molecule is CCCCCCCCCCCC(=O)OCC(COP(=O)([O-])OCC(O)COP(=O)([O-])OCC(COC(=O)CCCCCCCCCCC)OC(=O)CCCCCCCCCCC)OC(=O)CCCCCCCCCCC.COC12CC(COC(=O)c3cncc(Br)c3)CN(C)C1Cc1cn(C)c3cccc2c13.[Na+].[Na+]. The van der Waals surface area contributed by atoms with Crippen molar-refractivity contribution >= 4 is 72.3 Å². The number of unbranched alkanes of at least 4 members (excludes halogenated alkanes) is 32. The van der Waals surface area contributed by atoms with Gasteiger partial charge in [0.15, 0.2) is 12.2 Å². The van der Waals surface area contributed by atoms with Gasteiger partial charge in [-0.25, -0.2) is 4.79 Å². The molecule has 2 aromatic heterocycles. The zero-order chi connectivity index (χ0) is 78.0. The summed E-state index contributed by atoms with van der Waals surface area (Å²) in [5.74, 6) is -2.41. The molecule has 7 atom stereocenters. The molecule has 23 nitrogen and oxygen atoms in total.